The van der Waals surface area contributed by atoms with Crippen molar-refractivity contribution < 1.29 is 0 Å². The standard InChI is InChI=1S/C17H22N5P/c1-12-6-4-5-7-13(12)14-10-16(19-9-8-18-2)22-17(21-14)15(23-3)11-20-22/h4-7,10-11,18-19,23H,8-9H2,1-3H3. The average molecular weight is 327 g/mol. The van der Waals surface area contributed by atoms with E-state index in [1.165, 1.54) is 16.4 Å². The van der Waals surface area contributed by atoms with Crippen LogP contribution < -0.4 is 15.9 Å². The van der Waals surface area contributed by atoms with E-state index in [-0.39, 0.29) is 0 Å². The van der Waals surface area contributed by atoms with Crippen LogP contribution in [0.15, 0.2) is 36.5 Å². The highest BCUT2D eigenvalue weighted by atomic mass is 31.1. The van der Waals surface area contributed by atoms with Crippen LogP contribution in [0, 0.1) is 6.92 Å². The van der Waals surface area contributed by atoms with E-state index in [2.05, 4.69) is 59.7 Å². The first-order valence-corrected chi connectivity index (χ1v) is 9.25. The lowest BCUT2D eigenvalue weighted by Crippen LogP contribution is -2.19. The first-order valence-electron chi connectivity index (χ1n) is 7.75. The summed E-state index contributed by atoms with van der Waals surface area (Å²) in [6, 6.07) is 10.4. The lowest BCUT2D eigenvalue weighted by molar-refractivity contribution is 0.813. The number of nitrogens with one attached hydrogen (secondary N) is 2. The molecule has 120 valence electrons. The molecule has 0 aliphatic rings. The Morgan fingerprint density at radius 3 is 2.78 bits per heavy atom. The van der Waals surface area contributed by atoms with Crippen LogP contribution in [-0.4, -0.2) is 41.4 Å². The summed E-state index contributed by atoms with van der Waals surface area (Å²) in [6.07, 6.45) is 1.92. The maximum atomic E-state index is 4.88. The van der Waals surface area contributed by atoms with E-state index in [9.17, 15) is 0 Å². The zero-order valence-corrected chi connectivity index (χ0v) is 14.7. The molecule has 0 bridgehead atoms. The Hall–Kier alpha value is -1.97. The molecule has 1 atom stereocenters. The van der Waals surface area contributed by atoms with Crippen molar-refractivity contribution in [1.29, 1.82) is 0 Å². The Kier molecular flexibility index (Phi) is 4.89. The van der Waals surface area contributed by atoms with Crippen molar-refractivity contribution in [3.05, 3.63) is 42.1 Å². The number of likely N-dealkylation sites (N-methyl/N-ethyl adjacent to an activating group) is 1. The van der Waals surface area contributed by atoms with Gasteiger partial charge in [-0.15, -0.1) is 0 Å². The van der Waals surface area contributed by atoms with E-state index in [1.54, 1.807) is 0 Å². The number of aryl methyl sites for hydroxylation is 1. The van der Waals surface area contributed by atoms with Crippen LogP contribution in [0.2, 0.25) is 0 Å². The maximum Gasteiger partial charge on any atom is 0.165 e. The number of hydrogen-bond donors (Lipinski definition) is 2. The minimum absolute atomic E-state index is 0.672. The molecule has 2 aromatic heterocycles. The van der Waals surface area contributed by atoms with Gasteiger partial charge in [-0.25, -0.2) is 4.98 Å². The Balaban J connectivity index is 2.13. The first kappa shape index (κ1) is 15.9. The molecule has 0 fully saturated rings. The van der Waals surface area contributed by atoms with Crippen molar-refractivity contribution in [1.82, 2.24) is 19.9 Å². The number of fused-ring (bicyclic) bond motifs is 1. The van der Waals surface area contributed by atoms with Crippen molar-refractivity contribution >= 4 is 25.4 Å². The van der Waals surface area contributed by atoms with Crippen LogP contribution in [0.5, 0.6) is 0 Å². The molecule has 23 heavy (non-hydrogen) atoms. The fraction of sp³-hybridized carbons (Fsp3) is 0.294. The summed E-state index contributed by atoms with van der Waals surface area (Å²) >= 11 is 0. The molecule has 2 N–H and O–H groups in total. The molecule has 1 unspecified atom stereocenters. The van der Waals surface area contributed by atoms with Crippen LogP contribution >= 0.6 is 8.58 Å². The van der Waals surface area contributed by atoms with Crippen LogP contribution in [0.4, 0.5) is 5.82 Å². The molecule has 6 heteroatoms. The summed E-state index contributed by atoms with van der Waals surface area (Å²) in [4.78, 5) is 4.88. The van der Waals surface area contributed by atoms with E-state index >= 15 is 0 Å². The molecule has 3 aromatic rings. The number of rotatable bonds is 6. The Morgan fingerprint density at radius 2 is 2.04 bits per heavy atom. The Labute approximate surface area is 138 Å². The van der Waals surface area contributed by atoms with Gasteiger partial charge >= 0.3 is 0 Å². The Morgan fingerprint density at radius 1 is 1.22 bits per heavy atom. The van der Waals surface area contributed by atoms with Crippen molar-refractivity contribution in [2.45, 2.75) is 6.92 Å². The number of anilines is 1. The summed E-state index contributed by atoms with van der Waals surface area (Å²) < 4.78 is 1.91. The third-order valence-electron chi connectivity index (χ3n) is 3.84. The molecular weight excluding hydrogens is 305 g/mol. The predicted molar refractivity (Wildman–Crippen MR) is 99.4 cm³/mol. The molecule has 0 saturated heterocycles. The maximum absolute atomic E-state index is 4.88. The number of nitrogens with zero attached hydrogens (tertiary/aromatic N) is 3. The lowest BCUT2D eigenvalue weighted by Gasteiger charge is -2.12. The van der Waals surface area contributed by atoms with E-state index in [0.29, 0.717) is 8.58 Å². The Bertz CT molecular complexity index is 812. The van der Waals surface area contributed by atoms with Crippen LogP contribution in [0.1, 0.15) is 5.56 Å². The van der Waals surface area contributed by atoms with Gasteiger partial charge in [0, 0.05) is 30.0 Å². The second kappa shape index (κ2) is 7.07. The summed E-state index contributed by atoms with van der Waals surface area (Å²) in [6.45, 7) is 6.01. The molecule has 1 aromatic carbocycles. The van der Waals surface area contributed by atoms with Gasteiger partial charge in [-0.05, 0) is 26.2 Å². The van der Waals surface area contributed by atoms with Gasteiger partial charge in [0.2, 0.25) is 0 Å². The van der Waals surface area contributed by atoms with Gasteiger partial charge < -0.3 is 10.6 Å². The largest absolute Gasteiger partial charge is 0.369 e. The molecule has 0 saturated carbocycles. The number of hydrogen-bond acceptors (Lipinski definition) is 4. The van der Waals surface area contributed by atoms with Gasteiger partial charge in [-0.1, -0.05) is 32.8 Å². The highest BCUT2D eigenvalue weighted by molar-refractivity contribution is 7.46. The highest BCUT2D eigenvalue weighted by Crippen LogP contribution is 2.25. The minimum atomic E-state index is 0.672. The van der Waals surface area contributed by atoms with Crippen molar-refractivity contribution in [2.24, 2.45) is 0 Å². The topological polar surface area (TPSA) is 54.2 Å². The lowest BCUT2D eigenvalue weighted by atomic mass is 10.1. The number of benzene rings is 1. The molecule has 0 radical (unpaired) electrons. The van der Waals surface area contributed by atoms with Crippen molar-refractivity contribution in [2.75, 3.05) is 32.1 Å². The summed E-state index contributed by atoms with van der Waals surface area (Å²) in [5.41, 5.74) is 4.32. The second-order valence-corrected chi connectivity index (χ2v) is 6.45. The zero-order chi connectivity index (χ0) is 16.2. The minimum Gasteiger partial charge on any atom is -0.369 e. The van der Waals surface area contributed by atoms with E-state index in [0.717, 1.165) is 30.2 Å². The molecule has 0 amide bonds. The molecule has 3 rings (SSSR count). The molecule has 5 nitrogen and oxygen atoms in total. The third-order valence-corrected chi connectivity index (χ3v) is 4.73. The SMILES string of the molecule is CNCCNc1cc(-c2ccccc2C)nc2c(PC)cnn12. The fourth-order valence-electron chi connectivity index (χ4n) is 2.58. The summed E-state index contributed by atoms with van der Waals surface area (Å²) in [7, 11) is 2.62. The predicted octanol–water partition coefficient (Wildman–Crippen LogP) is 2.27. The molecule has 0 aliphatic carbocycles. The van der Waals surface area contributed by atoms with Crippen molar-refractivity contribution in [3.8, 4) is 11.3 Å². The zero-order valence-electron chi connectivity index (χ0n) is 13.7. The van der Waals surface area contributed by atoms with Gasteiger partial charge in [-0.2, -0.15) is 9.61 Å². The van der Waals surface area contributed by atoms with Crippen LogP contribution in [-0.2, 0) is 0 Å². The summed E-state index contributed by atoms with van der Waals surface area (Å²) in [5, 5.41) is 12.3. The van der Waals surface area contributed by atoms with Crippen LogP contribution in [0.3, 0.4) is 0 Å². The van der Waals surface area contributed by atoms with Gasteiger partial charge in [0.1, 0.15) is 5.82 Å². The van der Waals surface area contributed by atoms with Gasteiger partial charge in [0.25, 0.3) is 0 Å². The average Bonchev–Trinajstić information content (AvgIpc) is 2.98. The second-order valence-electron chi connectivity index (χ2n) is 5.42. The molecule has 2 heterocycles. The van der Waals surface area contributed by atoms with Crippen molar-refractivity contribution in [3.63, 3.8) is 0 Å². The fourth-order valence-corrected chi connectivity index (χ4v) is 3.15. The van der Waals surface area contributed by atoms with E-state index in [4.69, 9.17) is 4.98 Å². The van der Waals surface area contributed by atoms with Crippen LogP contribution in [0.25, 0.3) is 16.9 Å². The van der Waals surface area contributed by atoms with Gasteiger partial charge in [0.05, 0.1) is 11.9 Å². The number of aromatic nitrogens is 3. The summed E-state index contributed by atoms with van der Waals surface area (Å²) in [5.74, 6) is 0.980. The quantitative estimate of drug-likeness (QED) is 0.539. The molecule has 0 aliphatic heterocycles. The van der Waals surface area contributed by atoms with Gasteiger partial charge in [-0.3, -0.25) is 0 Å². The highest BCUT2D eigenvalue weighted by Gasteiger charge is 2.12. The van der Waals surface area contributed by atoms with E-state index < -0.39 is 0 Å². The van der Waals surface area contributed by atoms with E-state index in [1.807, 2.05) is 17.8 Å². The molecular formula is C17H22N5P. The third kappa shape index (κ3) is 3.21. The van der Waals surface area contributed by atoms with Gasteiger partial charge in [0.15, 0.2) is 5.65 Å². The molecule has 0 spiro atoms. The monoisotopic (exact) mass is 327 g/mol. The first-order chi connectivity index (χ1) is 11.2. The normalized spacial score (nSPS) is 11.6. The smallest absolute Gasteiger partial charge is 0.165 e.